The lowest BCUT2D eigenvalue weighted by molar-refractivity contribution is -0.148. The van der Waals surface area contributed by atoms with Crippen molar-refractivity contribution in [2.45, 2.75) is 12.5 Å². The third-order valence-electron chi connectivity index (χ3n) is 2.32. The highest BCUT2D eigenvalue weighted by atomic mass is 16.5. The van der Waals surface area contributed by atoms with Crippen LogP contribution in [-0.2, 0) is 19.1 Å². The molecule has 0 spiro atoms. The number of aliphatic carboxylic acids is 1. The van der Waals surface area contributed by atoms with E-state index in [1.165, 1.54) is 12.2 Å². The lowest BCUT2D eigenvalue weighted by Crippen LogP contribution is -2.41. The van der Waals surface area contributed by atoms with E-state index >= 15 is 0 Å². The number of nitrogens with one attached hydrogen (secondary N) is 1. The van der Waals surface area contributed by atoms with E-state index in [-0.39, 0.29) is 0 Å². The lowest BCUT2D eigenvalue weighted by Gasteiger charge is -2.11. The van der Waals surface area contributed by atoms with Gasteiger partial charge < -0.3 is 15.2 Å². The van der Waals surface area contributed by atoms with Crippen LogP contribution in [-0.4, -0.2) is 41.1 Å². The van der Waals surface area contributed by atoms with Crippen molar-refractivity contribution in [3.8, 4) is 0 Å². The summed E-state index contributed by atoms with van der Waals surface area (Å²) >= 11 is 0. The number of amides is 1. The van der Waals surface area contributed by atoms with Gasteiger partial charge >= 0.3 is 11.9 Å². The first kappa shape index (κ1) is 15.4. The van der Waals surface area contributed by atoms with Crippen LogP contribution >= 0.6 is 0 Å². The van der Waals surface area contributed by atoms with E-state index in [0.29, 0.717) is 5.56 Å². The highest BCUT2D eigenvalue weighted by Crippen LogP contribution is 1.99. The van der Waals surface area contributed by atoms with Crippen molar-refractivity contribution in [3.63, 3.8) is 0 Å². The quantitative estimate of drug-likeness (QED) is 0.570. The van der Waals surface area contributed by atoms with Gasteiger partial charge in [-0.05, 0) is 17.7 Å². The zero-order valence-corrected chi connectivity index (χ0v) is 10.8. The van der Waals surface area contributed by atoms with E-state index in [1.807, 2.05) is 0 Å². The van der Waals surface area contributed by atoms with Crippen LogP contribution in [0, 0.1) is 0 Å². The molecule has 106 valence electrons. The van der Waals surface area contributed by atoms with Crippen LogP contribution in [0.2, 0.25) is 0 Å². The second-order valence-corrected chi connectivity index (χ2v) is 3.80. The van der Waals surface area contributed by atoms with Crippen LogP contribution in [0.1, 0.15) is 12.0 Å². The third kappa shape index (κ3) is 5.30. The molecule has 0 unspecified atom stereocenters. The number of carbonyl (C=O) groups excluding carboxylic acids is 2. The molecule has 2 N–H and O–H groups in total. The Morgan fingerprint density at radius 1 is 1.50 bits per heavy atom. The average molecular weight is 278 g/mol. The van der Waals surface area contributed by atoms with Crippen LogP contribution in [0.15, 0.2) is 30.6 Å². The van der Waals surface area contributed by atoms with Crippen LogP contribution in [0.4, 0.5) is 0 Å². The first-order valence-electron chi connectivity index (χ1n) is 5.71. The molecule has 7 nitrogen and oxygen atoms in total. The van der Waals surface area contributed by atoms with Crippen LogP contribution < -0.4 is 5.32 Å². The van der Waals surface area contributed by atoms with Crippen LogP contribution in [0.3, 0.4) is 0 Å². The number of pyridine rings is 1. The minimum atomic E-state index is -1.33. The van der Waals surface area contributed by atoms with Crippen molar-refractivity contribution in [2.75, 3.05) is 7.11 Å². The van der Waals surface area contributed by atoms with Crippen molar-refractivity contribution in [1.29, 1.82) is 0 Å². The summed E-state index contributed by atoms with van der Waals surface area (Å²) in [6, 6.07) is 2.11. The summed E-state index contributed by atoms with van der Waals surface area (Å²) < 4.78 is 4.36. The molecule has 0 aliphatic carbocycles. The summed E-state index contributed by atoms with van der Waals surface area (Å²) in [7, 11) is 1.14. The predicted octanol–water partition coefficient (Wildman–Crippen LogP) is 0.227. The molecule has 7 heteroatoms. The molecule has 20 heavy (non-hydrogen) atoms. The molecule has 0 radical (unpaired) electrons. The Hall–Kier alpha value is -2.70. The molecule has 1 heterocycles. The molecule has 0 aromatic carbocycles. The van der Waals surface area contributed by atoms with Gasteiger partial charge in [0.05, 0.1) is 13.5 Å². The second kappa shape index (κ2) is 7.67. The smallest absolute Gasteiger partial charge is 0.326 e. The maximum atomic E-state index is 11.6. The summed E-state index contributed by atoms with van der Waals surface area (Å²) in [5.41, 5.74) is 0.697. The van der Waals surface area contributed by atoms with Crippen molar-refractivity contribution < 1.29 is 24.2 Å². The molecule has 1 aromatic heterocycles. The molecule has 1 amide bonds. The summed E-state index contributed by atoms with van der Waals surface area (Å²) in [6.45, 7) is 0. The van der Waals surface area contributed by atoms with Gasteiger partial charge in [-0.15, -0.1) is 0 Å². The van der Waals surface area contributed by atoms with Crippen molar-refractivity contribution in [1.82, 2.24) is 10.3 Å². The molecule has 1 aromatic rings. The molecule has 0 aliphatic rings. The molecule has 1 rings (SSSR count). The largest absolute Gasteiger partial charge is 0.480 e. The zero-order valence-electron chi connectivity index (χ0n) is 10.8. The number of rotatable bonds is 6. The molecule has 0 saturated carbocycles. The number of nitrogens with zero attached hydrogens (tertiary/aromatic N) is 1. The molecule has 0 saturated heterocycles. The molecule has 1 atom stereocenters. The highest BCUT2D eigenvalue weighted by Gasteiger charge is 2.22. The lowest BCUT2D eigenvalue weighted by atomic mass is 10.2. The number of carboxylic acids is 1. The van der Waals surface area contributed by atoms with E-state index < -0.39 is 30.3 Å². The normalized spacial score (nSPS) is 11.8. The number of hydrogen-bond donors (Lipinski definition) is 2. The Bertz CT molecular complexity index is 513. The molecule has 0 bridgehead atoms. The molecular formula is C13H14N2O5. The first-order chi connectivity index (χ1) is 9.52. The molecule has 0 fully saturated rings. The van der Waals surface area contributed by atoms with Gasteiger partial charge in [0, 0.05) is 18.5 Å². The van der Waals surface area contributed by atoms with Gasteiger partial charge in [-0.2, -0.15) is 0 Å². The number of esters is 1. The average Bonchev–Trinajstić information content (AvgIpc) is 2.45. The summed E-state index contributed by atoms with van der Waals surface area (Å²) in [4.78, 5) is 37.4. The number of hydrogen-bond acceptors (Lipinski definition) is 5. The number of ether oxygens (including phenoxy) is 1. The molecular weight excluding hydrogens is 264 g/mol. The Labute approximate surface area is 115 Å². The van der Waals surface area contributed by atoms with Crippen LogP contribution in [0.25, 0.3) is 6.08 Å². The third-order valence-corrected chi connectivity index (χ3v) is 2.32. The topological polar surface area (TPSA) is 106 Å². The van der Waals surface area contributed by atoms with Crippen molar-refractivity contribution in [3.05, 3.63) is 36.2 Å². The second-order valence-electron chi connectivity index (χ2n) is 3.80. The Balaban J connectivity index is 2.60. The Morgan fingerprint density at radius 3 is 2.80 bits per heavy atom. The summed E-state index contributed by atoms with van der Waals surface area (Å²) in [6.07, 6.45) is 5.36. The Kier molecular flexibility index (Phi) is 5.89. The van der Waals surface area contributed by atoms with Gasteiger partial charge in [-0.1, -0.05) is 6.07 Å². The number of carbonyl (C=O) groups is 3. The number of methoxy groups -OCH3 is 1. The highest BCUT2D eigenvalue weighted by molar-refractivity contribution is 5.95. The predicted molar refractivity (Wildman–Crippen MR) is 69.5 cm³/mol. The van der Waals surface area contributed by atoms with Crippen LogP contribution in [0.5, 0.6) is 0 Å². The number of aromatic nitrogens is 1. The minimum absolute atomic E-state index is 0.432. The maximum Gasteiger partial charge on any atom is 0.326 e. The van der Waals surface area contributed by atoms with E-state index in [1.54, 1.807) is 24.5 Å². The van der Waals surface area contributed by atoms with Gasteiger partial charge in [-0.3, -0.25) is 14.6 Å². The first-order valence-corrected chi connectivity index (χ1v) is 5.71. The van der Waals surface area contributed by atoms with E-state index in [2.05, 4.69) is 15.0 Å². The fourth-order valence-corrected chi connectivity index (χ4v) is 1.32. The SMILES string of the molecule is COC(=O)C[C@H](NC(=O)C=Cc1cccnc1)C(=O)O. The van der Waals surface area contributed by atoms with Gasteiger partial charge in [-0.25, -0.2) is 4.79 Å². The maximum absolute atomic E-state index is 11.6. The Morgan fingerprint density at radius 2 is 2.25 bits per heavy atom. The standard InChI is InChI=1S/C13H14N2O5/c1-20-12(17)7-10(13(18)19)15-11(16)5-4-9-3-2-6-14-8-9/h2-6,8,10H,7H2,1H3,(H,15,16)(H,18,19)/t10-/m0/s1. The van der Waals surface area contributed by atoms with Crippen molar-refractivity contribution in [2.24, 2.45) is 0 Å². The van der Waals surface area contributed by atoms with E-state index in [9.17, 15) is 14.4 Å². The van der Waals surface area contributed by atoms with Gasteiger partial charge in [0.1, 0.15) is 6.04 Å². The fourth-order valence-electron chi connectivity index (χ4n) is 1.32. The number of carboxylic acid groups (broad SMARTS) is 1. The van der Waals surface area contributed by atoms with Gasteiger partial charge in [0.25, 0.3) is 0 Å². The monoisotopic (exact) mass is 278 g/mol. The van der Waals surface area contributed by atoms with Gasteiger partial charge in [0.2, 0.25) is 5.91 Å². The van der Waals surface area contributed by atoms with Gasteiger partial charge in [0.15, 0.2) is 0 Å². The fraction of sp³-hybridized carbons (Fsp3) is 0.231. The summed E-state index contributed by atoms with van der Waals surface area (Å²) in [5.74, 6) is -2.64. The zero-order chi connectivity index (χ0) is 15.0. The molecule has 0 aliphatic heterocycles. The summed E-state index contributed by atoms with van der Waals surface area (Å²) in [5, 5.41) is 11.1. The van der Waals surface area contributed by atoms with E-state index in [4.69, 9.17) is 5.11 Å². The van der Waals surface area contributed by atoms with Crippen molar-refractivity contribution >= 4 is 23.9 Å². The minimum Gasteiger partial charge on any atom is -0.480 e. The van der Waals surface area contributed by atoms with E-state index in [0.717, 1.165) is 7.11 Å².